The highest BCUT2D eigenvalue weighted by atomic mass is 16.4. The molecule has 20 heavy (non-hydrogen) atoms. The zero-order chi connectivity index (χ0) is 14.4. The molecule has 104 valence electrons. The van der Waals surface area contributed by atoms with Gasteiger partial charge in [-0.1, -0.05) is 61.5 Å². The summed E-state index contributed by atoms with van der Waals surface area (Å²) in [5.41, 5.74) is 3.70. The molecule has 0 aliphatic carbocycles. The molecule has 2 aromatic carbocycles. The standard InChI is InChI=1S/C18H20O2/c1-14(13-18(19)20)7-8-15-9-11-17(12-10-15)16-5-3-2-4-6-16/h2-6,9-12,14H,7-8,13H2,1H3,(H,19,20)/t14-/m1/s1. The zero-order valence-corrected chi connectivity index (χ0v) is 11.8. The summed E-state index contributed by atoms with van der Waals surface area (Å²) in [7, 11) is 0. The van der Waals surface area contributed by atoms with Gasteiger partial charge in [-0.2, -0.15) is 0 Å². The van der Waals surface area contributed by atoms with Crippen LogP contribution >= 0.6 is 0 Å². The van der Waals surface area contributed by atoms with Gasteiger partial charge < -0.3 is 5.11 Å². The van der Waals surface area contributed by atoms with Crippen molar-refractivity contribution >= 4 is 5.97 Å². The van der Waals surface area contributed by atoms with Crippen molar-refractivity contribution in [3.63, 3.8) is 0 Å². The minimum Gasteiger partial charge on any atom is -0.481 e. The molecule has 2 nitrogen and oxygen atoms in total. The number of carboxylic acid groups (broad SMARTS) is 1. The quantitative estimate of drug-likeness (QED) is 0.843. The van der Waals surface area contributed by atoms with Crippen LogP contribution in [0.15, 0.2) is 54.6 Å². The Morgan fingerprint density at radius 1 is 1.00 bits per heavy atom. The predicted molar refractivity (Wildman–Crippen MR) is 81.6 cm³/mol. The molecule has 0 unspecified atom stereocenters. The number of hydrogen-bond acceptors (Lipinski definition) is 1. The average molecular weight is 268 g/mol. The first-order valence-electron chi connectivity index (χ1n) is 7.01. The number of aryl methyl sites for hydroxylation is 1. The van der Waals surface area contributed by atoms with Crippen LogP contribution in [0.5, 0.6) is 0 Å². The molecule has 0 radical (unpaired) electrons. The van der Waals surface area contributed by atoms with Gasteiger partial charge in [0.1, 0.15) is 0 Å². The lowest BCUT2D eigenvalue weighted by molar-refractivity contribution is -0.138. The molecule has 0 aromatic heterocycles. The van der Waals surface area contributed by atoms with Crippen LogP contribution in [0.4, 0.5) is 0 Å². The van der Waals surface area contributed by atoms with Crippen LogP contribution in [0.3, 0.4) is 0 Å². The first-order chi connectivity index (χ1) is 9.65. The molecule has 0 aliphatic heterocycles. The van der Waals surface area contributed by atoms with Crippen molar-refractivity contribution < 1.29 is 9.90 Å². The molecule has 1 N–H and O–H groups in total. The molecule has 0 saturated carbocycles. The van der Waals surface area contributed by atoms with Gasteiger partial charge in [0.2, 0.25) is 0 Å². The summed E-state index contributed by atoms with van der Waals surface area (Å²) in [4.78, 5) is 10.6. The maximum atomic E-state index is 10.6. The molecule has 0 heterocycles. The summed E-state index contributed by atoms with van der Waals surface area (Å²) in [5.74, 6) is -0.488. The Morgan fingerprint density at radius 3 is 2.20 bits per heavy atom. The van der Waals surface area contributed by atoms with Crippen molar-refractivity contribution in [2.45, 2.75) is 26.2 Å². The van der Waals surface area contributed by atoms with E-state index in [-0.39, 0.29) is 12.3 Å². The molecule has 0 saturated heterocycles. The minimum atomic E-state index is -0.711. The second kappa shape index (κ2) is 6.90. The largest absolute Gasteiger partial charge is 0.481 e. The monoisotopic (exact) mass is 268 g/mol. The number of carbonyl (C=O) groups is 1. The molecule has 1 atom stereocenters. The van der Waals surface area contributed by atoms with E-state index in [2.05, 4.69) is 36.4 Å². The maximum Gasteiger partial charge on any atom is 0.303 e. The first-order valence-corrected chi connectivity index (χ1v) is 7.01. The van der Waals surface area contributed by atoms with Crippen LogP contribution in [0.1, 0.15) is 25.3 Å². The highest BCUT2D eigenvalue weighted by Crippen LogP contribution is 2.20. The summed E-state index contributed by atoms with van der Waals surface area (Å²) < 4.78 is 0. The molecule has 0 bridgehead atoms. The van der Waals surface area contributed by atoms with Gasteiger partial charge >= 0.3 is 5.97 Å². The van der Waals surface area contributed by atoms with E-state index in [4.69, 9.17) is 5.11 Å². The van der Waals surface area contributed by atoms with Gasteiger partial charge in [0.15, 0.2) is 0 Å². The molecular formula is C18H20O2. The third-order valence-corrected chi connectivity index (χ3v) is 3.51. The fraction of sp³-hybridized carbons (Fsp3) is 0.278. The topological polar surface area (TPSA) is 37.3 Å². The van der Waals surface area contributed by atoms with Crippen LogP contribution in [-0.2, 0) is 11.2 Å². The summed E-state index contributed by atoms with van der Waals surface area (Å²) in [5, 5.41) is 8.74. The van der Waals surface area contributed by atoms with E-state index in [1.165, 1.54) is 16.7 Å². The number of aliphatic carboxylic acids is 1. The smallest absolute Gasteiger partial charge is 0.303 e. The van der Waals surface area contributed by atoms with Crippen LogP contribution in [-0.4, -0.2) is 11.1 Å². The van der Waals surface area contributed by atoms with Gasteiger partial charge in [0.25, 0.3) is 0 Å². The fourth-order valence-corrected chi connectivity index (χ4v) is 2.31. The van der Waals surface area contributed by atoms with Gasteiger partial charge in [0.05, 0.1) is 0 Å². The Labute approximate surface area is 120 Å². The zero-order valence-electron chi connectivity index (χ0n) is 11.8. The van der Waals surface area contributed by atoms with E-state index in [0.717, 1.165) is 12.8 Å². The van der Waals surface area contributed by atoms with Gasteiger partial charge in [-0.15, -0.1) is 0 Å². The van der Waals surface area contributed by atoms with Crippen molar-refractivity contribution in [1.29, 1.82) is 0 Å². The highest BCUT2D eigenvalue weighted by molar-refractivity contribution is 5.67. The van der Waals surface area contributed by atoms with Gasteiger partial charge in [-0.05, 0) is 35.4 Å². The molecule has 0 fully saturated rings. The van der Waals surface area contributed by atoms with E-state index in [1.807, 2.05) is 25.1 Å². The first kappa shape index (κ1) is 14.3. The third-order valence-electron chi connectivity index (χ3n) is 3.51. The molecule has 2 aromatic rings. The van der Waals surface area contributed by atoms with Crippen LogP contribution in [0.25, 0.3) is 11.1 Å². The number of hydrogen-bond donors (Lipinski definition) is 1. The summed E-state index contributed by atoms with van der Waals surface area (Å²) in [6, 6.07) is 18.8. The molecule has 0 amide bonds. The van der Waals surface area contributed by atoms with Crippen LogP contribution in [0, 0.1) is 5.92 Å². The van der Waals surface area contributed by atoms with Gasteiger partial charge in [-0.25, -0.2) is 0 Å². The van der Waals surface area contributed by atoms with Crippen molar-refractivity contribution in [1.82, 2.24) is 0 Å². The molecule has 0 spiro atoms. The molecule has 2 heteroatoms. The summed E-state index contributed by atoms with van der Waals surface area (Å²) in [6.07, 6.45) is 2.10. The number of rotatable bonds is 6. The van der Waals surface area contributed by atoms with E-state index in [9.17, 15) is 4.79 Å². The maximum absolute atomic E-state index is 10.6. The summed E-state index contributed by atoms with van der Waals surface area (Å²) in [6.45, 7) is 1.99. The highest BCUT2D eigenvalue weighted by Gasteiger charge is 2.07. The Balaban J connectivity index is 1.94. The lowest BCUT2D eigenvalue weighted by Crippen LogP contribution is -2.05. The SMILES string of the molecule is C[C@H](CCc1ccc(-c2ccccc2)cc1)CC(=O)O. The average Bonchev–Trinajstić information content (AvgIpc) is 2.46. The Morgan fingerprint density at radius 2 is 1.60 bits per heavy atom. The summed E-state index contributed by atoms with van der Waals surface area (Å²) >= 11 is 0. The molecule has 0 aliphatic rings. The van der Waals surface area contributed by atoms with Crippen molar-refractivity contribution in [2.24, 2.45) is 5.92 Å². The van der Waals surface area contributed by atoms with Crippen LogP contribution in [0.2, 0.25) is 0 Å². The second-order valence-electron chi connectivity index (χ2n) is 5.30. The van der Waals surface area contributed by atoms with Crippen molar-refractivity contribution in [3.05, 3.63) is 60.2 Å². The predicted octanol–water partition coefficient (Wildman–Crippen LogP) is 4.40. The minimum absolute atomic E-state index is 0.223. The number of benzene rings is 2. The van der Waals surface area contributed by atoms with E-state index >= 15 is 0 Å². The lowest BCUT2D eigenvalue weighted by atomic mass is 9.97. The molecule has 2 rings (SSSR count). The molecular weight excluding hydrogens is 248 g/mol. The van der Waals surface area contributed by atoms with Crippen LogP contribution < -0.4 is 0 Å². The second-order valence-corrected chi connectivity index (χ2v) is 5.30. The van der Waals surface area contributed by atoms with E-state index in [0.29, 0.717) is 0 Å². The van der Waals surface area contributed by atoms with E-state index < -0.39 is 5.97 Å². The normalized spacial score (nSPS) is 12.1. The fourth-order valence-electron chi connectivity index (χ4n) is 2.31. The van der Waals surface area contributed by atoms with Crippen molar-refractivity contribution in [2.75, 3.05) is 0 Å². The Kier molecular flexibility index (Phi) is 4.94. The van der Waals surface area contributed by atoms with Gasteiger partial charge in [-0.3, -0.25) is 4.79 Å². The Hall–Kier alpha value is -2.09. The van der Waals surface area contributed by atoms with Gasteiger partial charge in [0, 0.05) is 6.42 Å². The number of carboxylic acids is 1. The Bertz CT molecular complexity index is 543. The van der Waals surface area contributed by atoms with Crippen molar-refractivity contribution in [3.8, 4) is 11.1 Å². The van der Waals surface area contributed by atoms with E-state index in [1.54, 1.807) is 0 Å². The third kappa shape index (κ3) is 4.23. The lowest BCUT2D eigenvalue weighted by Gasteiger charge is -2.09.